The van der Waals surface area contributed by atoms with E-state index in [1.807, 2.05) is 6.07 Å². The topological polar surface area (TPSA) is 91.8 Å². The molecule has 0 saturated heterocycles. The molecule has 0 saturated carbocycles. The van der Waals surface area contributed by atoms with Crippen molar-refractivity contribution in [2.45, 2.75) is 13.5 Å². The van der Waals surface area contributed by atoms with Crippen molar-refractivity contribution >= 4 is 11.5 Å². The van der Waals surface area contributed by atoms with E-state index in [1.165, 1.54) is 18.2 Å². The number of aromatic nitrogens is 1. The zero-order valence-corrected chi connectivity index (χ0v) is 11.1. The second-order valence-electron chi connectivity index (χ2n) is 4.39. The molecule has 0 spiro atoms. The Morgan fingerprint density at radius 3 is 2.81 bits per heavy atom. The first kappa shape index (κ1) is 14.4. The van der Waals surface area contributed by atoms with Gasteiger partial charge in [-0.2, -0.15) is 5.26 Å². The minimum atomic E-state index is -0.524. The van der Waals surface area contributed by atoms with E-state index in [0.29, 0.717) is 16.9 Å². The zero-order chi connectivity index (χ0) is 15.4. The molecule has 1 aromatic heterocycles. The van der Waals surface area contributed by atoms with E-state index < -0.39 is 10.7 Å². The summed E-state index contributed by atoms with van der Waals surface area (Å²) in [4.78, 5) is 14.0. The molecular formula is C14H11FN4O2. The van der Waals surface area contributed by atoms with Crippen LogP contribution in [-0.2, 0) is 6.54 Å². The molecule has 0 bridgehead atoms. The third-order valence-corrected chi connectivity index (χ3v) is 2.90. The molecule has 0 aliphatic heterocycles. The van der Waals surface area contributed by atoms with Crippen molar-refractivity contribution < 1.29 is 9.31 Å². The summed E-state index contributed by atoms with van der Waals surface area (Å²) in [7, 11) is 0. The monoisotopic (exact) mass is 286 g/mol. The minimum absolute atomic E-state index is 0.0948. The number of nitro groups is 1. The number of hydrogen-bond acceptors (Lipinski definition) is 5. The van der Waals surface area contributed by atoms with Crippen LogP contribution in [0.5, 0.6) is 0 Å². The molecule has 1 N–H and O–H groups in total. The highest BCUT2D eigenvalue weighted by atomic mass is 19.1. The molecule has 7 heteroatoms. The van der Waals surface area contributed by atoms with Crippen molar-refractivity contribution in [3.63, 3.8) is 0 Å². The van der Waals surface area contributed by atoms with Crippen molar-refractivity contribution in [3.8, 4) is 6.07 Å². The van der Waals surface area contributed by atoms with Gasteiger partial charge in [-0.25, -0.2) is 9.37 Å². The number of pyridine rings is 1. The summed E-state index contributed by atoms with van der Waals surface area (Å²) in [6, 6.07) is 7.45. The number of halogens is 1. The molecule has 0 aliphatic rings. The molecule has 0 radical (unpaired) electrons. The lowest BCUT2D eigenvalue weighted by atomic mass is 10.1. The Labute approximate surface area is 120 Å². The van der Waals surface area contributed by atoms with Gasteiger partial charge in [0.2, 0.25) is 0 Å². The van der Waals surface area contributed by atoms with Crippen LogP contribution in [0.3, 0.4) is 0 Å². The fourth-order valence-electron chi connectivity index (χ4n) is 1.78. The number of anilines is 1. The highest BCUT2D eigenvalue weighted by Gasteiger charge is 2.10. The van der Waals surface area contributed by atoms with Gasteiger partial charge >= 0.3 is 0 Å². The van der Waals surface area contributed by atoms with Crippen molar-refractivity contribution in [3.05, 3.63) is 63.1 Å². The van der Waals surface area contributed by atoms with Crippen molar-refractivity contribution in [1.82, 2.24) is 4.98 Å². The summed E-state index contributed by atoms with van der Waals surface area (Å²) < 4.78 is 13.7. The Kier molecular flexibility index (Phi) is 4.09. The molecular weight excluding hydrogens is 275 g/mol. The van der Waals surface area contributed by atoms with Crippen LogP contribution in [0.4, 0.5) is 15.9 Å². The predicted molar refractivity (Wildman–Crippen MR) is 74.1 cm³/mol. The molecule has 6 nitrogen and oxygen atoms in total. The summed E-state index contributed by atoms with van der Waals surface area (Å²) in [5, 5.41) is 22.2. The molecule has 0 fully saturated rings. The van der Waals surface area contributed by atoms with Gasteiger partial charge in [-0.05, 0) is 24.6 Å². The largest absolute Gasteiger partial charge is 0.366 e. The number of rotatable bonds is 4. The number of hydrogen-bond donors (Lipinski definition) is 1. The van der Waals surface area contributed by atoms with Gasteiger partial charge in [0.05, 0.1) is 16.6 Å². The van der Waals surface area contributed by atoms with Crippen LogP contribution in [0.2, 0.25) is 0 Å². The second-order valence-corrected chi connectivity index (χ2v) is 4.39. The molecule has 2 aromatic rings. The van der Waals surface area contributed by atoms with E-state index in [2.05, 4.69) is 10.3 Å². The smallest absolute Gasteiger partial charge is 0.287 e. The van der Waals surface area contributed by atoms with E-state index in [-0.39, 0.29) is 17.8 Å². The lowest BCUT2D eigenvalue weighted by molar-refractivity contribution is -0.385. The Morgan fingerprint density at radius 1 is 1.48 bits per heavy atom. The van der Waals surface area contributed by atoms with Crippen LogP contribution in [0, 0.1) is 34.2 Å². The van der Waals surface area contributed by atoms with Crippen LogP contribution in [0.1, 0.15) is 16.7 Å². The lowest BCUT2D eigenvalue weighted by Crippen LogP contribution is -2.05. The molecule has 0 unspecified atom stereocenters. The van der Waals surface area contributed by atoms with Gasteiger partial charge in [-0.3, -0.25) is 10.1 Å². The maximum atomic E-state index is 13.7. The van der Waals surface area contributed by atoms with Crippen LogP contribution in [0.25, 0.3) is 0 Å². The van der Waals surface area contributed by atoms with Crippen LogP contribution < -0.4 is 5.32 Å². The molecule has 1 heterocycles. The van der Waals surface area contributed by atoms with E-state index in [1.54, 1.807) is 6.92 Å². The molecule has 1 aromatic carbocycles. The normalized spacial score (nSPS) is 9.95. The molecule has 0 amide bonds. The van der Waals surface area contributed by atoms with E-state index in [9.17, 15) is 14.5 Å². The maximum Gasteiger partial charge on any atom is 0.287 e. The molecule has 21 heavy (non-hydrogen) atoms. The fraction of sp³-hybridized carbons (Fsp3) is 0.143. The molecule has 0 aliphatic carbocycles. The summed E-state index contributed by atoms with van der Waals surface area (Å²) >= 11 is 0. The summed E-state index contributed by atoms with van der Waals surface area (Å²) in [5.74, 6) is -0.0366. The number of nitriles is 1. The first-order chi connectivity index (χ1) is 10.0. The number of benzene rings is 1. The zero-order valence-electron chi connectivity index (χ0n) is 11.1. The maximum absolute atomic E-state index is 13.7. The Morgan fingerprint density at radius 2 is 2.24 bits per heavy atom. The molecule has 2 rings (SSSR count). The van der Waals surface area contributed by atoms with Gasteiger partial charge in [0, 0.05) is 18.2 Å². The van der Waals surface area contributed by atoms with Gasteiger partial charge in [0.15, 0.2) is 0 Å². The third kappa shape index (κ3) is 3.30. The minimum Gasteiger partial charge on any atom is -0.366 e. The molecule has 106 valence electrons. The average Bonchev–Trinajstić information content (AvgIpc) is 2.46. The fourth-order valence-corrected chi connectivity index (χ4v) is 1.78. The highest BCUT2D eigenvalue weighted by molar-refractivity contribution is 5.48. The van der Waals surface area contributed by atoms with Crippen molar-refractivity contribution in [2.24, 2.45) is 0 Å². The highest BCUT2D eigenvalue weighted by Crippen LogP contribution is 2.19. The SMILES string of the molecule is Cc1cc([N+](=O)[O-])cnc1NCc1ccc(C#N)cc1F. The van der Waals surface area contributed by atoms with Crippen molar-refractivity contribution in [2.75, 3.05) is 5.32 Å². The molecule has 0 atom stereocenters. The number of nitrogens with one attached hydrogen (secondary N) is 1. The van der Waals surface area contributed by atoms with Crippen LogP contribution >= 0.6 is 0 Å². The van der Waals surface area contributed by atoms with E-state index in [4.69, 9.17) is 5.26 Å². The number of nitrogens with zero attached hydrogens (tertiary/aromatic N) is 3. The van der Waals surface area contributed by atoms with Gasteiger partial charge in [-0.1, -0.05) is 6.07 Å². The lowest BCUT2D eigenvalue weighted by Gasteiger charge is -2.09. The third-order valence-electron chi connectivity index (χ3n) is 2.90. The van der Waals surface area contributed by atoms with Gasteiger partial charge in [-0.15, -0.1) is 0 Å². The van der Waals surface area contributed by atoms with Crippen molar-refractivity contribution in [1.29, 1.82) is 5.26 Å². The Hall–Kier alpha value is -3.01. The first-order valence-electron chi connectivity index (χ1n) is 6.04. The van der Waals surface area contributed by atoms with Crippen LogP contribution in [-0.4, -0.2) is 9.91 Å². The summed E-state index contributed by atoms with van der Waals surface area (Å²) in [6.45, 7) is 1.85. The van der Waals surface area contributed by atoms with Crippen LogP contribution in [0.15, 0.2) is 30.5 Å². The van der Waals surface area contributed by atoms with E-state index >= 15 is 0 Å². The Balaban J connectivity index is 2.13. The average molecular weight is 286 g/mol. The van der Waals surface area contributed by atoms with E-state index in [0.717, 1.165) is 12.3 Å². The quantitative estimate of drug-likeness (QED) is 0.689. The second kappa shape index (κ2) is 5.96. The summed E-state index contributed by atoms with van der Waals surface area (Å²) in [6.07, 6.45) is 1.14. The summed E-state index contributed by atoms with van der Waals surface area (Å²) in [5.41, 5.74) is 1.13. The van der Waals surface area contributed by atoms with Gasteiger partial charge in [0.1, 0.15) is 17.8 Å². The predicted octanol–water partition coefficient (Wildman–Crippen LogP) is 2.92. The number of aryl methyl sites for hydroxylation is 1. The Bertz CT molecular complexity index is 740. The van der Waals surface area contributed by atoms with Gasteiger partial charge in [0.25, 0.3) is 5.69 Å². The first-order valence-corrected chi connectivity index (χ1v) is 6.04. The standard InChI is InChI=1S/C14H11FN4O2/c1-9-4-12(19(20)21)8-18-14(9)17-7-11-3-2-10(6-16)5-13(11)15/h2-5,8H,7H2,1H3,(H,17,18). The van der Waals surface area contributed by atoms with Gasteiger partial charge < -0.3 is 5.32 Å².